The summed E-state index contributed by atoms with van der Waals surface area (Å²) in [5.41, 5.74) is -0.224. The largest absolute Gasteiger partial charge is 0.395 e. The highest BCUT2D eigenvalue weighted by atomic mass is 16.3. The van der Waals surface area contributed by atoms with Crippen LogP contribution in [-0.2, 0) is 4.79 Å². The second-order valence-corrected chi connectivity index (χ2v) is 6.32. The Labute approximate surface area is 116 Å². The molecule has 0 aromatic carbocycles. The third-order valence-corrected chi connectivity index (χ3v) is 4.84. The summed E-state index contributed by atoms with van der Waals surface area (Å²) in [5.74, 6) is 0.273. The molecule has 1 saturated carbocycles. The number of piperidine rings is 1. The summed E-state index contributed by atoms with van der Waals surface area (Å²) < 4.78 is 0. The van der Waals surface area contributed by atoms with Gasteiger partial charge in [-0.15, -0.1) is 0 Å². The number of aliphatic hydroxyl groups is 1. The van der Waals surface area contributed by atoms with Gasteiger partial charge >= 0.3 is 0 Å². The first kappa shape index (κ1) is 14.8. The molecule has 0 unspecified atom stereocenters. The zero-order valence-corrected chi connectivity index (χ0v) is 12.2. The molecule has 110 valence electrons. The summed E-state index contributed by atoms with van der Waals surface area (Å²) in [4.78, 5) is 14.9. The summed E-state index contributed by atoms with van der Waals surface area (Å²) in [5, 5.41) is 12.6. The molecule has 4 heteroatoms. The first-order chi connectivity index (χ1) is 9.17. The van der Waals surface area contributed by atoms with Crippen LogP contribution >= 0.6 is 0 Å². The number of hydrogen-bond donors (Lipinski definition) is 2. The minimum atomic E-state index is -0.224. The first-order valence-electron chi connectivity index (χ1n) is 7.80. The van der Waals surface area contributed by atoms with Gasteiger partial charge in [-0.25, -0.2) is 0 Å². The van der Waals surface area contributed by atoms with Crippen LogP contribution in [0.4, 0.5) is 0 Å². The van der Waals surface area contributed by atoms with Crippen molar-refractivity contribution in [2.24, 2.45) is 5.41 Å². The highest BCUT2D eigenvalue weighted by Crippen LogP contribution is 2.33. The quantitative estimate of drug-likeness (QED) is 0.813. The summed E-state index contributed by atoms with van der Waals surface area (Å²) in [6, 6.07) is 0.361. The van der Waals surface area contributed by atoms with Gasteiger partial charge in [-0.1, -0.05) is 26.2 Å². The van der Waals surface area contributed by atoms with Crippen molar-refractivity contribution in [3.05, 3.63) is 0 Å². The van der Waals surface area contributed by atoms with Gasteiger partial charge in [0, 0.05) is 18.0 Å². The number of nitrogens with one attached hydrogen (secondary N) is 1. The molecule has 0 radical (unpaired) electrons. The Balaban J connectivity index is 2.06. The van der Waals surface area contributed by atoms with Gasteiger partial charge in [-0.2, -0.15) is 0 Å². The molecule has 2 N–H and O–H groups in total. The fourth-order valence-corrected chi connectivity index (χ4v) is 3.49. The summed E-state index contributed by atoms with van der Waals surface area (Å²) in [6.07, 6.45) is 7.79. The Hall–Kier alpha value is -0.610. The average molecular weight is 268 g/mol. The molecule has 0 bridgehead atoms. The number of rotatable bonds is 4. The van der Waals surface area contributed by atoms with E-state index >= 15 is 0 Å². The van der Waals surface area contributed by atoms with Gasteiger partial charge < -0.3 is 15.3 Å². The van der Waals surface area contributed by atoms with Gasteiger partial charge in [0.1, 0.15) is 0 Å². The van der Waals surface area contributed by atoms with E-state index < -0.39 is 0 Å². The SMILES string of the molecule is CC1(C(=O)N(CCO)C2CCCCC2)CCNCC1. The molecular formula is C15H28N2O2. The van der Waals surface area contributed by atoms with Crippen molar-refractivity contribution < 1.29 is 9.90 Å². The molecule has 0 aromatic rings. The van der Waals surface area contributed by atoms with E-state index in [9.17, 15) is 9.90 Å². The summed E-state index contributed by atoms with van der Waals surface area (Å²) in [7, 11) is 0. The van der Waals surface area contributed by atoms with E-state index in [4.69, 9.17) is 0 Å². The first-order valence-corrected chi connectivity index (χ1v) is 7.80. The predicted octanol–water partition coefficient (Wildman–Crippen LogP) is 1.53. The number of amides is 1. The molecular weight excluding hydrogens is 240 g/mol. The highest BCUT2D eigenvalue weighted by Gasteiger charge is 2.39. The second-order valence-electron chi connectivity index (χ2n) is 6.32. The van der Waals surface area contributed by atoms with E-state index in [1.165, 1.54) is 19.3 Å². The Morgan fingerprint density at radius 2 is 1.89 bits per heavy atom. The maximum Gasteiger partial charge on any atom is 0.228 e. The van der Waals surface area contributed by atoms with Crippen LogP contribution < -0.4 is 5.32 Å². The van der Waals surface area contributed by atoms with Crippen LogP contribution in [0.2, 0.25) is 0 Å². The lowest BCUT2D eigenvalue weighted by Gasteiger charge is -2.42. The molecule has 19 heavy (non-hydrogen) atoms. The summed E-state index contributed by atoms with van der Waals surface area (Å²) in [6.45, 7) is 4.55. The van der Waals surface area contributed by atoms with E-state index in [0.717, 1.165) is 38.8 Å². The lowest BCUT2D eigenvalue weighted by molar-refractivity contribution is -0.146. The third kappa shape index (κ3) is 3.48. The maximum absolute atomic E-state index is 12.9. The smallest absolute Gasteiger partial charge is 0.228 e. The van der Waals surface area contributed by atoms with Gasteiger partial charge in [0.25, 0.3) is 0 Å². The molecule has 2 aliphatic rings. The van der Waals surface area contributed by atoms with E-state index in [1.807, 2.05) is 4.90 Å². The lowest BCUT2D eigenvalue weighted by Crippen LogP contribution is -2.52. The number of nitrogens with zero attached hydrogens (tertiary/aromatic N) is 1. The van der Waals surface area contributed by atoms with Crippen molar-refractivity contribution in [3.8, 4) is 0 Å². The van der Waals surface area contributed by atoms with Crippen molar-refractivity contribution in [2.45, 2.75) is 57.9 Å². The Morgan fingerprint density at radius 1 is 1.26 bits per heavy atom. The van der Waals surface area contributed by atoms with Gasteiger partial charge in [-0.3, -0.25) is 4.79 Å². The van der Waals surface area contributed by atoms with Crippen molar-refractivity contribution in [3.63, 3.8) is 0 Å². The van der Waals surface area contributed by atoms with Crippen molar-refractivity contribution in [1.82, 2.24) is 10.2 Å². The van der Waals surface area contributed by atoms with Crippen LogP contribution in [0, 0.1) is 5.41 Å². The van der Waals surface area contributed by atoms with E-state index in [2.05, 4.69) is 12.2 Å². The molecule has 1 aliphatic carbocycles. The number of aliphatic hydroxyl groups excluding tert-OH is 1. The Kier molecular flexibility index (Phi) is 5.22. The monoisotopic (exact) mass is 268 g/mol. The summed E-state index contributed by atoms with van der Waals surface area (Å²) >= 11 is 0. The Bertz CT molecular complexity index is 295. The maximum atomic E-state index is 12.9. The molecule has 0 spiro atoms. The average Bonchev–Trinajstić information content (AvgIpc) is 2.46. The van der Waals surface area contributed by atoms with Gasteiger partial charge in [0.15, 0.2) is 0 Å². The molecule has 2 rings (SSSR count). The molecule has 1 amide bonds. The van der Waals surface area contributed by atoms with Crippen molar-refractivity contribution >= 4 is 5.91 Å². The standard InChI is InChI=1S/C15H28N2O2/c1-15(7-9-16-10-8-15)14(19)17(11-12-18)13-5-3-2-4-6-13/h13,16,18H,2-12H2,1H3. The lowest BCUT2D eigenvalue weighted by atomic mass is 9.78. The molecule has 4 nitrogen and oxygen atoms in total. The fraction of sp³-hybridized carbons (Fsp3) is 0.933. The van der Waals surface area contributed by atoms with E-state index in [1.54, 1.807) is 0 Å². The van der Waals surface area contributed by atoms with Crippen LogP contribution in [0.1, 0.15) is 51.9 Å². The Morgan fingerprint density at radius 3 is 2.47 bits per heavy atom. The zero-order chi connectivity index (χ0) is 13.7. The third-order valence-electron chi connectivity index (χ3n) is 4.84. The number of hydrogen-bond acceptors (Lipinski definition) is 3. The van der Waals surface area contributed by atoms with Crippen molar-refractivity contribution in [2.75, 3.05) is 26.2 Å². The van der Waals surface area contributed by atoms with Crippen molar-refractivity contribution in [1.29, 1.82) is 0 Å². The molecule has 0 atom stereocenters. The van der Waals surface area contributed by atoms with Crippen LogP contribution in [-0.4, -0.2) is 48.2 Å². The second kappa shape index (κ2) is 6.71. The van der Waals surface area contributed by atoms with Gasteiger partial charge in [-0.05, 0) is 38.8 Å². The molecule has 1 heterocycles. The fourth-order valence-electron chi connectivity index (χ4n) is 3.49. The zero-order valence-electron chi connectivity index (χ0n) is 12.2. The van der Waals surface area contributed by atoms with E-state index in [0.29, 0.717) is 12.6 Å². The van der Waals surface area contributed by atoms with Gasteiger partial charge in [0.2, 0.25) is 5.91 Å². The van der Waals surface area contributed by atoms with Gasteiger partial charge in [0.05, 0.1) is 6.61 Å². The highest BCUT2D eigenvalue weighted by molar-refractivity contribution is 5.82. The van der Waals surface area contributed by atoms with Crippen LogP contribution in [0.3, 0.4) is 0 Å². The topological polar surface area (TPSA) is 52.6 Å². The number of carbonyl (C=O) groups is 1. The minimum Gasteiger partial charge on any atom is -0.395 e. The number of carbonyl (C=O) groups excluding carboxylic acids is 1. The van der Waals surface area contributed by atoms with E-state index in [-0.39, 0.29) is 17.9 Å². The predicted molar refractivity (Wildman–Crippen MR) is 75.9 cm³/mol. The molecule has 0 aromatic heterocycles. The minimum absolute atomic E-state index is 0.0799. The van der Waals surface area contributed by atoms with Crippen LogP contribution in [0.5, 0.6) is 0 Å². The molecule has 1 saturated heterocycles. The normalized spacial score (nSPS) is 24.1. The van der Waals surface area contributed by atoms with Crippen LogP contribution in [0.15, 0.2) is 0 Å². The molecule has 2 fully saturated rings. The molecule has 1 aliphatic heterocycles. The van der Waals surface area contributed by atoms with Crippen LogP contribution in [0.25, 0.3) is 0 Å².